The van der Waals surface area contributed by atoms with Gasteiger partial charge in [0, 0.05) is 18.3 Å². The number of hydrogen-bond donors (Lipinski definition) is 1. The molecule has 0 bridgehead atoms. The van der Waals surface area contributed by atoms with Crippen LogP contribution in [0.5, 0.6) is 11.6 Å². The summed E-state index contributed by atoms with van der Waals surface area (Å²) in [5.41, 5.74) is 7.48. The summed E-state index contributed by atoms with van der Waals surface area (Å²) in [5, 5.41) is 0.526. The Morgan fingerprint density at radius 3 is 2.79 bits per heavy atom. The normalized spacial score (nSPS) is 10.5. The molecule has 1 aromatic heterocycles. The number of nitrogens with two attached hydrogens (primary N) is 1. The summed E-state index contributed by atoms with van der Waals surface area (Å²) in [6.45, 7) is 2.55. The van der Waals surface area contributed by atoms with Crippen molar-refractivity contribution in [2.45, 2.75) is 26.3 Å². The maximum Gasteiger partial charge on any atom is 0.222 e. The van der Waals surface area contributed by atoms with E-state index in [1.54, 1.807) is 12.1 Å². The van der Waals surface area contributed by atoms with Gasteiger partial charge in [-0.2, -0.15) is 0 Å². The van der Waals surface area contributed by atoms with Crippen molar-refractivity contribution in [1.29, 1.82) is 0 Å². The van der Waals surface area contributed by atoms with Crippen LogP contribution in [0.25, 0.3) is 0 Å². The summed E-state index contributed by atoms with van der Waals surface area (Å²) in [6, 6.07) is 7.31. The van der Waals surface area contributed by atoms with Gasteiger partial charge in [-0.05, 0) is 24.1 Å². The predicted molar refractivity (Wildman–Crippen MR) is 75.4 cm³/mol. The number of aryl methyl sites for hydroxylation is 1. The molecule has 2 aromatic rings. The Morgan fingerprint density at radius 1 is 1.26 bits per heavy atom. The number of nitrogens with zero attached hydrogens (tertiary/aromatic N) is 2. The molecule has 0 aliphatic rings. The summed E-state index contributed by atoms with van der Waals surface area (Å²) < 4.78 is 5.67. The summed E-state index contributed by atoms with van der Waals surface area (Å²) in [7, 11) is 0. The van der Waals surface area contributed by atoms with Gasteiger partial charge in [-0.3, -0.25) is 0 Å². The minimum absolute atomic E-state index is 0.453. The first-order valence-electron chi connectivity index (χ1n) is 6.20. The molecule has 100 valence electrons. The van der Waals surface area contributed by atoms with Crippen LogP contribution in [-0.2, 0) is 13.0 Å². The van der Waals surface area contributed by atoms with E-state index >= 15 is 0 Å². The average Bonchev–Trinajstić information content (AvgIpc) is 2.42. The molecule has 0 fully saturated rings. The lowest BCUT2D eigenvalue weighted by Crippen LogP contribution is -1.97. The minimum atomic E-state index is 0.453. The molecule has 0 unspecified atom stereocenters. The molecule has 0 atom stereocenters. The molecule has 4 nitrogen and oxygen atoms in total. The van der Waals surface area contributed by atoms with E-state index in [1.165, 1.54) is 6.33 Å². The van der Waals surface area contributed by atoms with E-state index < -0.39 is 0 Å². The van der Waals surface area contributed by atoms with Crippen LogP contribution in [0.1, 0.15) is 24.6 Å². The van der Waals surface area contributed by atoms with Gasteiger partial charge in [-0.15, -0.1) is 0 Å². The summed E-state index contributed by atoms with van der Waals surface area (Å²) in [4.78, 5) is 8.26. The van der Waals surface area contributed by atoms with Crippen molar-refractivity contribution in [1.82, 2.24) is 9.97 Å². The lowest BCUT2D eigenvalue weighted by molar-refractivity contribution is 0.460. The third-order valence-electron chi connectivity index (χ3n) is 2.65. The van der Waals surface area contributed by atoms with Gasteiger partial charge in [0.25, 0.3) is 0 Å². The number of hydrogen-bond acceptors (Lipinski definition) is 4. The van der Waals surface area contributed by atoms with Crippen molar-refractivity contribution >= 4 is 11.6 Å². The Labute approximate surface area is 117 Å². The van der Waals surface area contributed by atoms with Crippen LogP contribution in [0.4, 0.5) is 0 Å². The van der Waals surface area contributed by atoms with Crippen molar-refractivity contribution in [2.24, 2.45) is 5.73 Å². The van der Waals surface area contributed by atoms with Gasteiger partial charge >= 0.3 is 0 Å². The highest BCUT2D eigenvalue weighted by Gasteiger charge is 2.06. The van der Waals surface area contributed by atoms with Gasteiger partial charge in [0.1, 0.15) is 12.1 Å². The Kier molecular flexibility index (Phi) is 4.71. The fourth-order valence-corrected chi connectivity index (χ4v) is 1.93. The summed E-state index contributed by atoms with van der Waals surface area (Å²) >= 11 is 6.14. The monoisotopic (exact) mass is 277 g/mol. The van der Waals surface area contributed by atoms with Crippen molar-refractivity contribution < 1.29 is 4.74 Å². The molecule has 0 amide bonds. The first kappa shape index (κ1) is 13.8. The maximum absolute atomic E-state index is 6.14. The SMILES string of the molecule is CCCc1cc(Oc2ccc(CN)cc2Cl)ncn1. The molecule has 0 saturated carbocycles. The lowest BCUT2D eigenvalue weighted by Gasteiger charge is -2.08. The predicted octanol–water partition coefficient (Wildman–Crippen LogP) is 3.33. The molecular formula is C14H16ClN3O. The Hall–Kier alpha value is -1.65. The molecule has 0 aliphatic heterocycles. The van der Waals surface area contributed by atoms with Gasteiger partial charge in [0.05, 0.1) is 5.02 Å². The second-order valence-corrected chi connectivity index (χ2v) is 4.58. The molecule has 0 aliphatic carbocycles. The van der Waals surface area contributed by atoms with Crippen LogP contribution in [0.3, 0.4) is 0 Å². The molecule has 2 rings (SSSR count). The van der Waals surface area contributed by atoms with Crippen LogP contribution >= 0.6 is 11.6 Å². The molecular weight excluding hydrogens is 262 g/mol. The average molecular weight is 278 g/mol. The Morgan fingerprint density at radius 2 is 2.11 bits per heavy atom. The zero-order valence-corrected chi connectivity index (χ0v) is 11.5. The third kappa shape index (κ3) is 3.66. The highest BCUT2D eigenvalue weighted by atomic mass is 35.5. The number of rotatable bonds is 5. The smallest absolute Gasteiger partial charge is 0.222 e. The molecule has 0 spiro atoms. The van der Waals surface area contributed by atoms with E-state index in [0.717, 1.165) is 24.1 Å². The first-order valence-corrected chi connectivity index (χ1v) is 6.58. The van der Waals surface area contributed by atoms with Crippen molar-refractivity contribution in [3.63, 3.8) is 0 Å². The Bertz CT molecular complexity index is 560. The molecule has 1 heterocycles. The second-order valence-electron chi connectivity index (χ2n) is 4.17. The van der Waals surface area contributed by atoms with Gasteiger partial charge in [-0.25, -0.2) is 9.97 Å². The van der Waals surface area contributed by atoms with E-state index in [2.05, 4.69) is 16.9 Å². The maximum atomic E-state index is 6.14. The number of ether oxygens (including phenoxy) is 1. The van der Waals surface area contributed by atoms with E-state index in [4.69, 9.17) is 22.1 Å². The zero-order valence-electron chi connectivity index (χ0n) is 10.8. The summed E-state index contributed by atoms with van der Waals surface area (Å²) in [6.07, 6.45) is 3.43. The van der Waals surface area contributed by atoms with Crippen molar-refractivity contribution in [3.05, 3.63) is 46.9 Å². The third-order valence-corrected chi connectivity index (χ3v) is 2.95. The standard InChI is InChI=1S/C14H16ClN3O/c1-2-3-11-7-14(18-9-17-11)19-13-5-4-10(8-16)6-12(13)15/h4-7,9H,2-3,8,16H2,1H3. The summed E-state index contributed by atoms with van der Waals surface area (Å²) in [5.74, 6) is 1.07. The van der Waals surface area contributed by atoms with Crippen LogP contribution < -0.4 is 10.5 Å². The Balaban J connectivity index is 2.18. The highest BCUT2D eigenvalue weighted by molar-refractivity contribution is 6.32. The fraction of sp³-hybridized carbons (Fsp3) is 0.286. The van der Waals surface area contributed by atoms with Gasteiger partial charge in [0.2, 0.25) is 5.88 Å². The van der Waals surface area contributed by atoms with E-state index in [-0.39, 0.29) is 0 Å². The number of aromatic nitrogens is 2. The molecule has 1 aromatic carbocycles. The number of benzene rings is 1. The van der Waals surface area contributed by atoms with E-state index in [0.29, 0.717) is 23.2 Å². The lowest BCUT2D eigenvalue weighted by atomic mass is 10.2. The molecule has 19 heavy (non-hydrogen) atoms. The second kappa shape index (κ2) is 6.50. The molecule has 0 radical (unpaired) electrons. The first-order chi connectivity index (χ1) is 9.22. The van der Waals surface area contributed by atoms with E-state index in [1.807, 2.05) is 12.1 Å². The minimum Gasteiger partial charge on any atom is -0.437 e. The van der Waals surface area contributed by atoms with Gasteiger partial charge in [0.15, 0.2) is 0 Å². The van der Waals surface area contributed by atoms with Crippen LogP contribution in [0, 0.1) is 0 Å². The molecule has 0 saturated heterocycles. The van der Waals surface area contributed by atoms with Crippen LogP contribution in [0.2, 0.25) is 5.02 Å². The van der Waals surface area contributed by atoms with Crippen LogP contribution in [-0.4, -0.2) is 9.97 Å². The number of halogens is 1. The van der Waals surface area contributed by atoms with Gasteiger partial charge < -0.3 is 10.5 Å². The van der Waals surface area contributed by atoms with Gasteiger partial charge in [-0.1, -0.05) is 31.0 Å². The van der Waals surface area contributed by atoms with E-state index in [9.17, 15) is 0 Å². The quantitative estimate of drug-likeness (QED) is 0.910. The highest BCUT2D eigenvalue weighted by Crippen LogP contribution is 2.29. The van der Waals surface area contributed by atoms with Crippen LogP contribution in [0.15, 0.2) is 30.6 Å². The molecule has 5 heteroatoms. The fourth-order valence-electron chi connectivity index (χ4n) is 1.69. The zero-order chi connectivity index (χ0) is 13.7. The van der Waals surface area contributed by atoms with Crippen molar-refractivity contribution in [3.8, 4) is 11.6 Å². The van der Waals surface area contributed by atoms with Crippen molar-refractivity contribution in [2.75, 3.05) is 0 Å². The topological polar surface area (TPSA) is 61.0 Å². The largest absolute Gasteiger partial charge is 0.437 e. The molecule has 2 N–H and O–H groups in total.